The number of unbranched alkanes of at least 4 members (excludes halogenated alkanes) is 4. The van der Waals surface area contributed by atoms with Gasteiger partial charge in [-0.1, -0.05) is 32.6 Å². The van der Waals surface area contributed by atoms with Crippen molar-refractivity contribution in [1.82, 2.24) is 0 Å². The first-order valence-electron chi connectivity index (χ1n) is 6.37. The van der Waals surface area contributed by atoms with Crippen molar-refractivity contribution in [2.75, 3.05) is 0 Å². The lowest BCUT2D eigenvalue weighted by molar-refractivity contribution is -0.119. The molecule has 0 radical (unpaired) electrons. The van der Waals surface area contributed by atoms with Crippen LogP contribution in [0.2, 0.25) is 0 Å². The number of aryl methyl sites for hydroxylation is 1. The lowest BCUT2D eigenvalue weighted by Gasteiger charge is -2.00. The molecule has 0 spiro atoms. The molecule has 0 aliphatic carbocycles. The zero-order valence-corrected chi connectivity index (χ0v) is 10.2. The molecule has 0 saturated carbocycles. The van der Waals surface area contributed by atoms with Crippen molar-refractivity contribution in [2.45, 2.75) is 58.3 Å². The highest BCUT2D eigenvalue weighted by molar-refractivity contribution is 5.78. The lowest BCUT2D eigenvalue weighted by Crippen LogP contribution is -1.99. The van der Waals surface area contributed by atoms with Gasteiger partial charge in [0.1, 0.15) is 11.5 Å². The molecule has 2 nitrogen and oxygen atoms in total. The minimum absolute atomic E-state index is 0.368. The van der Waals surface area contributed by atoms with Crippen molar-refractivity contribution >= 4 is 5.78 Å². The molecule has 1 aromatic rings. The van der Waals surface area contributed by atoms with Crippen molar-refractivity contribution in [3.05, 3.63) is 24.2 Å². The van der Waals surface area contributed by atoms with Gasteiger partial charge in [-0.25, -0.2) is 0 Å². The van der Waals surface area contributed by atoms with Gasteiger partial charge in [0.2, 0.25) is 0 Å². The van der Waals surface area contributed by atoms with Gasteiger partial charge < -0.3 is 4.42 Å². The average molecular weight is 222 g/mol. The van der Waals surface area contributed by atoms with Crippen LogP contribution in [0.25, 0.3) is 0 Å². The SMILES string of the molecule is CCCCCCCC(=O)CCc1ccco1. The molecule has 0 fully saturated rings. The van der Waals surface area contributed by atoms with Crippen LogP contribution in [-0.2, 0) is 11.2 Å². The van der Waals surface area contributed by atoms with Crippen molar-refractivity contribution in [3.63, 3.8) is 0 Å². The van der Waals surface area contributed by atoms with Crippen molar-refractivity contribution in [1.29, 1.82) is 0 Å². The zero-order chi connectivity index (χ0) is 11.6. The topological polar surface area (TPSA) is 30.2 Å². The summed E-state index contributed by atoms with van der Waals surface area (Å²) in [6, 6.07) is 3.79. The normalized spacial score (nSPS) is 10.6. The summed E-state index contributed by atoms with van der Waals surface area (Å²) in [5, 5.41) is 0. The monoisotopic (exact) mass is 222 g/mol. The maximum absolute atomic E-state index is 11.5. The van der Waals surface area contributed by atoms with E-state index in [1.165, 1.54) is 25.7 Å². The van der Waals surface area contributed by atoms with Crippen LogP contribution in [0.1, 0.15) is 57.6 Å². The standard InChI is InChI=1S/C14H22O2/c1-2-3-4-5-6-8-13(15)10-11-14-9-7-12-16-14/h7,9,12H,2-6,8,10-11H2,1H3. The second kappa shape index (κ2) is 8.14. The van der Waals surface area contributed by atoms with E-state index in [1.54, 1.807) is 6.26 Å². The summed E-state index contributed by atoms with van der Waals surface area (Å²) < 4.78 is 5.19. The molecule has 90 valence electrons. The third kappa shape index (κ3) is 5.74. The predicted octanol–water partition coefficient (Wildman–Crippen LogP) is 4.14. The Morgan fingerprint density at radius 3 is 2.69 bits per heavy atom. The number of carbonyl (C=O) groups is 1. The van der Waals surface area contributed by atoms with Gasteiger partial charge >= 0.3 is 0 Å². The lowest BCUT2D eigenvalue weighted by atomic mass is 10.1. The highest BCUT2D eigenvalue weighted by atomic mass is 16.3. The number of Topliss-reactive ketones (excluding diaryl/α,β-unsaturated/α-hetero) is 1. The Labute approximate surface area is 98.0 Å². The van der Waals surface area contributed by atoms with Gasteiger partial charge in [0.25, 0.3) is 0 Å². The molecule has 0 aliphatic rings. The predicted molar refractivity (Wildman–Crippen MR) is 65.4 cm³/mol. The fourth-order valence-corrected chi connectivity index (χ4v) is 1.77. The van der Waals surface area contributed by atoms with Crippen LogP contribution in [0.3, 0.4) is 0 Å². The summed E-state index contributed by atoms with van der Waals surface area (Å²) in [6.07, 6.45) is 9.84. The second-order valence-corrected chi connectivity index (χ2v) is 4.28. The van der Waals surface area contributed by atoms with Gasteiger partial charge in [0.05, 0.1) is 6.26 Å². The van der Waals surface area contributed by atoms with Gasteiger partial charge in [-0.05, 0) is 18.6 Å². The first-order valence-corrected chi connectivity index (χ1v) is 6.37. The molecule has 0 aliphatic heterocycles. The molecule has 16 heavy (non-hydrogen) atoms. The van der Waals surface area contributed by atoms with E-state index in [1.807, 2.05) is 12.1 Å². The third-order valence-corrected chi connectivity index (χ3v) is 2.79. The number of hydrogen-bond acceptors (Lipinski definition) is 2. The number of carbonyl (C=O) groups excluding carboxylic acids is 1. The van der Waals surface area contributed by atoms with Crippen LogP contribution in [0, 0.1) is 0 Å². The number of rotatable bonds is 9. The molecule has 0 N–H and O–H groups in total. The molecule has 1 rings (SSSR count). The first-order chi connectivity index (χ1) is 7.83. The van der Waals surface area contributed by atoms with Crippen LogP contribution in [0.15, 0.2) is 22.8 Å². The highest BCUT2D eigenvalue weighted by Gasteiger charge is 2.03. The number of hydrogen-bond donors (Lipinski definition) is 0. The van der Waals surface area contributed by atoms with Crippen LogP contribution >= 0.6 is 0 Å². The summed E-state index contributed by atoms with van der Waals surface area (Å²) in [4.78, 5) is 11.5. The van der Waals surface area contributed by atoms with E-state index in [0.717, 1.165) is 25.0 Å². The summed E-state index contributed by atoms with van der Waals surface area (Å²) in [5.41, 5.74) is 0. The second-order valence-electron chi connectivity index (χ2n) is 4.28. The van der Waals surface area contributed by atoms with Crippen LogP contribution < -0.4 is 0 Å². The fourth-order valence-electron chi connectivity index (χ4n) is 1.77. The smallest absolute Gasteiger partial charge is 0.133 e. The molecule has 2 heteroatoms. The maximum atomic E-state index is 11.5. The van der Waals surface area contributed by atoms with Gasteiger partial charge in [-0.2, -0.15) is 0 Å². The van der Waals surface area contributed by atoms with E-state index >= 15 is 0 Å². The molecule has 0 atom stereocenters. The minimum Gasteiger partial charge on any atom is -0.469 e. The van der Waals surface area contributed by atoms with Gasteiger partial charge in [-0.3, -0.25) is 4.79 Å². The summed E-state index contributed by atoms with van der Waals surface area (Å²) >= 11 is 0. The first kappa shape index (κ1) is 13.0. The van der Waals surface area contributed by atoms with Crippen LogP contribution in [-0.4, -0.2) is 5.78 Å². The van der Waals surface area contributed by atoms with Gasteiger partial charge in [-0.15, -0.1) is 0 Å². The summed E-state index contributed by atoms with van der Waals surface area (Å²) in [7, 11) is 0. The van der Waals surface area contributed by atoms with Crippen molar-refractivity contribution in [3.8, 4) is 0 Å². The highest BCUT2D eigenvalue weighted by Crippen LogP contribution is 2.09. The van der Waals surface area contributed by atoms with Crippen LogP contribution in [0.4, 0.5) is 0 Å². The summed E-state index contributed by atoms with van der Waals surface area (Å²) in [5.74, 6) is 1.28. The Balaban J connectivity index is 1.99. The van der Waals surface area contributed by atoms with Gasteiger partial charge in [0.15, 0.2) is 0 Å². The quantitative estimate of drug-likeness (QED) is 0.588. The Kier molecular flexibility index (Phi) is 6.62. The Bertz CT molecular complexity index is 275. The Morgan fingerprint density at radius 1 is 1.19 bits per heavy atom. The van der Waals surface area contributed by atoms with E-state index in [0.29, 0.717) is 12.2 Å². The third-order valence-electron chi connectivity index (χ3n) is 2.79. The molecule has 1 heterocycles. The minimum atomic E-state index is 0.368. The van der Waals surface area contributed by atoms with Crippen molar-refractivity contribution in [2.24, 2.45) is 0 Å². The average Bonchev–Trinajstić information content (AvgIpc) is 2.79. The van der Waals surface area contributed by atoms with E-state index in [-0.39, 0.29) is 0 Å². The number of furan rings is 1. The molecule has 0 bridgehead atoms. The molecular weight excluding hydrogens is 200 g/mol. The van der Waals surface area contributed by atoms with E-state index in [9.17, 15) is 4.79 Å². The molecule has 0 aromatic carbocycles. The molecular formula is C14H22O2. The molecule has 1 aromatic heterocycles. The molecule has 0 unspecified atom stereocenters. The zero-order valence-electron chi connectivity index (χ0n) is 10.2. The Morgan fingerprint density at radius 2 is 2.00 bits per heavy atom. The van der Waals surface area contributed by atoms with E-state index in [2.05, 4.69) is 6.92 Å². The van der Waals surface area contributed by atoms with Crippen LogP contribution in [0.5, 0.6) is 0 Å². The maximum Gasteiger partial charge on any atom is 0.133 e. The fraction of sp³-hybridized carbons (Fsp3) is 0.643. The Hall–Kier alpha value is -1.05. The molecule has 0 saturated heterocycles. The van der Waals surface area contributed by atoms with E-state index in [4.69, 9.17) is 4.42 Å². The summed E-state index contributed by atoms with van der Waals surface area (Å²) in [6.45, 7) is 2.20. The molecule has 0 amide bonds. The van der Waals surface area contributed by atoms with Crippen molar-refractivity contribution < 1.29 is 9.21 Å². The largest absolute Gasteiger partial charge is 0.469 e. The van der Waals surface area contributed by atoms with E-state index < -0.39 is 0 Å². The number of ketones is 1. The van der Waals surface area contributed by atoms with Gasteiger partial charge in [0, 0.05) is 19.3 Å².